The molecule has 0 atom stereocenters. The number of Topliss-reactive ketones (excluding diaryl/α,β-unsaturated/α-hetero) is 1. The van der Waals surface area contributed by atoms with E-state index in [1.807, 2.05) is 74.5 Å². The first-order valence-corrected chi connectivity index (χ1v) is 10.1. The van der Waals surface area contributed by atoms with Crippen LogP contribution in [-0.4, -0.2) is 24.3 Å². The summed E-state index contributed by atoms with van der Waals surface area (Å²) in [6.45, 7) is 3.48. The zero-order chi connectivity index (χ0) is 22.2. The average Bonchev–Trinajstić information content (AvgIpc) is 2.78. The fraction of sp³-hybridized carbons (Fsp3) is 0.192. The second-order valence-corrected chi connectivity index (χ2v) is 7.39. The van der Waals surface area contributed by atoms with E-state index < -0.39 is 11.9 Å². The molecule has 0 saturated carbocycles. The summed E-state index contributed by atoms with van der Waals surface area (Å²) in [5, 5.41) is 2.72. The molecule has 158 valence electrons. The fourth-order valence-electron chi connectivity index (χ4n) is 3.20. The second kappa shape index (κ2) is 10.3. The van der Waals surface area contributed by atoms with Gasteiger partial charge in [0.2, 0.25) is 0 Å². The zero-order valence-corrected chi connectivity index (χ0v) is 17.7. The number of carbonyl (C=O) groups is 3. The highest BCUT2D eigenvalue weighted by Crippen LogP contribution is 2.20. The predicted molar refractivity (Wildman–Crippen MR) is 121 cm³/mol. The van der Waals surface area contributed by atoms with E-state index in [0.717, 1.165) is 22.3 Å². The highest BCUT2D eigenvalue weighted by Gasteiger charge is 2.13. The van der Waals surface area contributed by atoms with Gasteiger partial charge in [-0.3, -0.25) is 14.4 Å². The van der Waals surface area contributed by atoms with Crippen LogP contribution in [0, 0.1) is 13.8 Å². The molecule has 3 aromatic rings. The minimum Gasteiger partial charge on any atom is -0.456 e. The second-order valence-electron chi connectivity index (χ2n) is 7.39. The Labute approximate surface area is 182 Å². The Morgan fingerprint density at radius 3 is 2.16 bits per heavy atom. The summed E-state index contributed by atoms with van der Waals surface area (Å²) in [5.74, 6) is -1.13. The van der Waals surface area contributed by atoms with Crippen LogP contribution in [0.25, 0.3) is 11.1 Å². The molecule has 0 spiro atoms. The number of anilines is 1. The monoisotopic (exact) mass is 415 g/mol. The SMILES string of the molecule is Cc1ccc(NC(=O)COC(=O)CCC(=O)c2ccc(-c3ccccc3)cc2)c(C)c1. The van der Waals surface area contributed by atoms with Crippen LogP contribution in [0.4, 0.5) is 5.69 Å². The van der Waals surface area contributed by atoms with E-state index in [4.69, 9.17) is 4.74 Å². The molecule has 0 aliphatic carbocycles. The third-order valence-electron chi connectivity index (χ3n) is 4.89. The maximum atomic E-state index is 12.4. The summed E-state index contributed by atoms with van der Waals surface area (Å²) in [6.07, 6.45) is -0.0433. The molecule has 0 aliphatic heterocycles. The van der Waals surface area contributed by atoms with Crippen LogP contribution in [0.3, 0.4) is 0 Å². The van der Waals surface area contributed by atoms with Crippen LogP contribution < -0.4 is 5.32 Å². The van der Waals surface area contributed by atoms with E-state index in [2.05, 4.69) is 5.32 Å². The van der Waals surface area contributed by atoms with Gasteiger partial charge < -0.3 is 10.1 Å². The summed E-state index contributed by atoms with van der Waals surface area (Å²) in [5.41, 5.74) is 5.35. The Hall–Kier alpha value is -3.73. The van der Waals surface area contributed by atoms with E-state index >= 15 is 0 Å². The van der Waals surface area contributed by atoms with E-state index in [9.17, 15) is 14.4 Å². The van der Waals surface area contributed by atoms with E-state index in [1.165, 1.54) is 0 Å². The van der Waals surface area contributed by atoms with Crippen molar-refractivity contribution < 1.29 is 19.1 Å². The van der Waals surface area contributed by atoms with Crippen molar-refractivity contribution in [3.05, 3.63) is 89.5 Å². The Bertz CT molecular complexity index is 1070. The number of esters is 1. The molecule has 0 aliphatic rings. The van der Waals surface area contributed by atoms with Crippen molar-refractivity contribution in [3.8, 4) is 11.1 Å². The quantitative estimate of drug-likeness (QED) is 0.410. The first-order chi connectivity index (χ1) is 14.9. The number of ketones is 1. The van der Waals surface area contributed by atoms with Gasteiger partial charge in [-0.15, -0.1) is 0 Å². The molecule has 3 rings (SSSR count). The van der Waals surface area contributed by atoms with Gasteiger partial charge in [0.15, 0.2) is 12.4 Å². The van der Waals surface area contributed by atoms with Gasteiger partial charge in [0, 0.05) is 17.7 Å². The van der Waals surface area contributed by atoms with Crippen LogP contribution in [0.5, 0.6) is 0 Å². The van der Waals surface area contributed by atoms with Gasteiger partial charge in [-0.2, -0.15) is 0 Å². The number of aryl methyl sites for hydroxylation is 2. The lowest BCUT2D eigenvalue weighted by molar-refractivity contribution is -0.147. The van der Waals surface area contributed by atoms with Crippen molar-refractivity contribution in [1.82, 2.24) is 0 Å². The standard InChI is InChI=1S/C26H25NO4/c1-18-8-13-23(19(2)16-18)27-25(29)17-31-26(30)15-14-24(28)22-11-9-21(10-12-22)20-6-4-3-5-7-20/h3-13,16H,14-15,17H2,1-2H3,(H,27,29). The predicted octanol–water partition coefficient (Wildman–Crippen LogP) is 5.12. The summed E-state index contributed by atoms with van der Waals surface area (Å²) in [6, 6.07) is 22.8. The van der Waals surface area contributed by atoms with Gasteiger partial charge in [0.25, 0.3) is 5.91 Å². The molecule has 31 heavy (non-hydrogen) atoms. The molecule has 1 N–H and O–H groups in total. The van der Waals surface area contributed by atoms with E-state index in [1.54, 1.807) is 12.1 Å². The summed E-state index contributed by atoms with van der Waals surface area (Å²) >= 11 is 0. The minimum atomic E-state index is -0.579. The van der Waals surface area contributed by atoms with Gasteiger partial charge >= 0.3 is 5.97 Å². The van der Waals surface area contributed by atoms with Gasteiger partial charge in [-0.25, -0.2) is 0 Å². The molecule has 0 fully saturated rings. The molecular formula is C26H25NO4. The number of ether oxygens (including phenoxy) is 1. The van der Waals surface area contributed by atoms with E-state index in [-0.39, 0.29) is 25.2 Å². The molecule has 5 heteroatoms. The number of carbonyl (C=O) groups excluding carboxylic acids is 3. The third-order valence-corrected chi connectivity index (χ3v) is 4.89. The smallest absolute Gasteiger partial charge is 0.306 e. The van der Waals surface area contributed by atoms with Crippen molar-refractivity contribution in [2.75, 3.05) is 11.9 Å². The zero-order valence-electron chi connectivity index (χ0n) is 17.7. The maximum absolute atomic E-state index is 12.4. The van der Waals surface area contributed by atoms with Crippen LogP contribution in [-0.2, 0) is 14.3 Å². The molecule has 0 unspecified atom stereocenters. The molecule has 1 amide bonds. The average molecular weight is 415 g/mol. The first kappa shape index (κ1) is 22.0. The van der Waals surface area contributed by atoms with Crippen LogP contribution in [0.2, 0.25) is 0 Å². The highest BCUT2D eigenvalue weighted by atomic mass is 16.5. The Morgan fingerprint density at radius 2 is 1.48 bits per heavy atom. The fourth-order valence-corrected chi connectivity index (χ4v) is 3.20. The first-order valence-electron chi connectivity index (χ1n) is 10.1. The molecule has 0 radical (unpaired) electrons. The molecule has 0 saturated heterocycles. The van der Waals surface area contributed by atoms with Crippen LogP contribution in [0.15, 0.2) is 72.8 Å². The maximum Gasteiger partial charge on any atom is 0.306 e. The number of benzene rings is 3. The molecule has 0 bridgehead atoms. The van der Waals surface area contributed by atoms with Crippen LogP contribution >= 0.6 is 0 Å². The third kappa shape index (κ3) is 6.37. The molecular weight excluding hydrogens is 390 g/mol. The lowest BCUT2D eigenvalue weighted by Gasteiger charge is -2.09. The lowest BCUT2D eigenvalue weighted by atomic mass is 10.0. The van der Waals surface area contributed by atoms with Crippen molar-refractivity contribution in [2.24, 2.45) is 0 Å². The summed E-state index contributed by atoms with van der Waals surface area (Å²) < 4.78 is 5.00. The van der Waals surface area contributed by atoms with Gasteiger partial charge in [-0.05, 0) is 36.6 Å². The van der Waals surface area contributed by atoms with Crippen molar-refractivity contribution in [1.29, 1.82) is 0 Å². The Morgan fingerprint density at radius 1 is 0.806 bits per heavy atom. The molecule has 5 nitrogen and oxygen atoms in total. The van der Waals surface area contributed by atoms with Crippen molar-refractivity contribution in [2.45, 2.75) is 26.7 Å². The Kier molecular flexibility index (Phi) is 7.33. The van der Waals surface area contributed by atoms with Gasteiger partial charge in [-0.1, -0.05) is 72.3 Å². The normalized spacial score (nSPS) is 10.4. The molecule has 0 heterocycles. The minimum absolute atomic E-state index is 0.0300. The number of nitrogens with one attached hydrogen (secondary N) is 1. The Balaban J connectivity index is 1.43. The summed E-state index contributed by atoms with van der Waals surface area (Å²) in [4.78, 5) is 36.3. The number of amides is 1. The lowest BCUT2D eigenvalue weighted by Crippen LogP contribution is -2.21. The number of hydrogen-bond acceptors (Lipinski definition) is 4. The largest absolute Gasteiger partial charge is 0.456 e. The number of rotatable bonds is 8. The molecule has 0 aromatic heterocycles. The summed E-state index contributed by atoms with van der Waals surface area (Å²) in [7, 11) is 0. The van der Waals surface area contributed by atoms with Crippen molar-refractivity contribution in [3.63, 3.8) is 0 Å². The topological polar surface area (TPSA) is 72.5 Å². The van der Waals surface area contributed by atoms with E-state index in [0.29, 0.717) is 11.3 Å². The molecule has 3 aromatic carbocycles. The van der Waals surface area contributed by atoms with Crippen LogP contribution in [0.1, 0.15) is 34.3 Å². The highest BCUT2D eigenvalue weighted by molar-refractivity contribution is 5.98. The van der Waals surface area contributed by atoms with Gasteiger partial charge in [0.1, 0.15) is 0 Å². The van der Waals surface area contributed by atoms with Crippen molar-refractivity contribution >= 4 is 23.3 Å². The van der Waals surface area contributed by atoms with Gasteiger partial charge in [0.05, 0.1) is 6.42 Å². The number of hydrogen-bond donors (Lipinski definition) is 1.